The van der Waals surface area contributed by atoms with Gasteiger partial charge in [0.15, 0.2) is 5.16 Å². The van der Waals surface area contributed by atoms with Crippen molar-refractivity contribution in [3.05, 3.63) is 35.9 Å². The highest BCUT2D eigenvalue weighted by molar-refractivity contribution is 7.99. The minimum atomic E-state index is -0.447. The quantitative estimate of drug-likeness (QED) is 0.859. The lowest BCUT2D eigenvalue weighted by atomic mass is 10.3. The SMILES string of the molecule is CCc1nnc(SCC(=O)Nc2ccccc2F)n1C. The Morgan fingerprint density at radius 1 is 1.40 bits per heavy atom. The average molecular weight is 294 g/mol. The van der Waals surface area contributed by atoms with Gasteiger partial charge in [-0.15, -0.1) is 10.2 Å². The number of aryl methyl sites for hydroxylation is 1. The van der Waals surface area contributed by atoms with Crippen LogP contribution in [0.3, 0.4) is 0 Å². The standard InChI is InChI=1S/C13H15FN4OS/c1-3-11-16-17-13(18(11)2)20-8-12(19)15-10-7-5-4-6-9(10)14/h4-7H,3,8H2,1-2H3,(H,15,19). The molecule has 2 aromatic rings. The summed E-state index contributed by atoms with van der Waals surface area (Å²) in [6.07, 6.45) is 0.783. The largest absolute Gasteiger partial charge is 0.323 e. The number of carbonyl (C=O) groups is 1. The van der Waals surface area contributed by atoms with Crippen molar-refractivity contribution >= 4 is 23.4 Å². The number of para-hydroxylation sites is 1. The lowest BCUT2D eigenvalue weighted by Gasteiger charge is -2.06. The van der Waals surface area contributed by atoms with Crippen molar-refractivity contribution in [2.24, 2.45) is 7.05 Å². The van der Waals surface area contributed by atoms with E-state index in [0.29, 0.717) is 5.16 Å². The zero-order chi connectivity index (χ0) is 14.5. The first-order valence-corrected chi connectivity index (χ1v) is 7.15. The van der Waals surface area contributed by atoms with Crippen LogP contribution in [0.5, 0.6) is 0 Å². The molecule has 0 saturated heterocycles. The minimum Gasteiger partial charge on any atom is -0.323 e. The van der Waals surface area contributed by atoms with Crippen LogP contribution in [-0.4, -0.2) is 26.4 Å². The molecule has 1 N–H and O–H groups in total. The van der Waals surface area contributed by atoms with Crippen molar-refractivity contribution in [3.8, 4) is 0 Å². The van der Waals surface area contributed by atoms with Gasteiger partial charge in [-0.25, -0.2) is 4.39 Å². The van der Waals surface area contributed by atoms with Crippen molar-refractivity contribution in [2.75, 3.05) is 11.1 Å². The van der Waals surface area contributed by atoms with E-state index in [0.717, 1.165) is 12.2 Å². The highest BCUT2D eigenvalue weighted by Gasteiger charge is 2.11. The Labute approximate surface area is 120 Å². The predicted octanol–water partition coefficient (Wildman–Crippen LogP) is 2.25. The first-order valence-electron chi connectivity index (χ1n) is 6.17. The van der Waals surface area contributed by atoms with Crippen molar-refractivity contribution < 1.29 is 9.18 Å². The van der Waals surface area contributed by atoms with Gasteiger partial charge in [0.2, 0.25) is 5.91 Å². The first kappa shape index (κ1) is 14.5. The van der Waals surface area contributed by atoms with E-state index < -0.39 is 5.82 Å². The van der Waals surface area contributed by atoms with Gasteiger partial charge in [-0.3, -0.25) is 4.79 Å². The summed E-state index contributed by atoms with van der Waals surface area (Å²) < 4.78 is 15.2. The second-order valence-corrected chi connectivity index (χ2v) is 5.07. The monoisotopic (exact) mass is 294 g/mol. The minimum absolute atomic E-state index is 0.157. The molecule has 0 aliphatic carbocycles. The zero-order valence-electron chi connectivity index (χ0n) is 11.3. The predicted molar refractivity (Wildman–Crippen MR) is 76.1 cm³/mol. The lowest BCUT2D eigenvalue weighted by Crippen LogP contribution is -2.15. The highest BCUT2D eigenvalue weighted by Crippen LogP contribution is 2.17. The molecule has 0 bridgehead atoms. The van der Waals surface area contributed by atoms with Crippen LogP contribution >= 0.6 is 11.8 Å². The Bertz CT molecular complexity index is 614. The summed E-state index contributed by atoms with van der Waals surface area (Å²) in [6.45, 7) is 1.99. The third-order valence-corrected chi connectivity index (χ3v) is 3.74. The molecule has 1 aromatic carbocycles. The summed E-state index contributed by atoms with van der Waals surface area (Å²) in [5.41, 5.74) is 0.185. The molecule has 2 rings (SSSR count). The number of nitrogens with one attached hydrogen (secondary N) is 1. The molecule has 0 radical (unpaired) electrons. The van der Waals surface area contributed by atoms with E-state index in [9.17, 15) is 9.18 Å². The Morgan fingerprint density at radius 3 is 2.80 bits per heavy atom. The molecule has 1 aromatic heterocycles. The van der Waals surface area contributed by atoms with Gasteiger partial charge in [0.05, 0.1) is 11.4 Å². The van der Waals surface area contributed by atoms with Crippen molar-refractivity contribution in [1.29, 1.82) is 0 Å². The Hall–Kier alpha value is -1.89. The van der Waals surface area contributed by atoms with Gasteiger partial charge >= 0.3 is 0 Å². The maximum absolute atomic E-state index is 13.4. The number of thioether (sulfide) groups is 1. The Kier molecular flexibility index (Phi) is 4.73. The zero-order valence-corrected chi connectivity index (χ0v) is 12.1. The number of halogens is 1. The second-order valence-electron chi connectivity index (χ2n) is 4.13. The molecule has 0 fully saturated rings. The van der Waals surface area contributed by atoms with E-state index in [2.05, 4.69) is 15.5 Å². The first-order chi connectivity index (χ1) is 9.61. The van der Waals surface area contributed by atoms with Gasteiger partial charge in [-0.05, 0) is 12.1 Å². The van der Waals surface area contributed by atoms with Crippen LogP contribution in [0.25, 0.3) is 0 Å². The molecular weight excluding hydrogens is 279 g/mol. The molecule has 5 nitrogen and oxygen atoms in total. The molecule has 7 heteroatoms. The van der Waals surface area contributed by atoms with Crippen LogP contribution in [0.4, 0.5) is 10.1 Å². The summed E-state index contributed by atoms with van der Waals surface area (Å²) in [5, 5.41) is 11.2. The molecule has 0 spiro atoms. The van der Waals surface area contributed by atoms with Gasteiger partial charge < -0.3 is 9.88 Å². The van der Waals surface area contributed by atoms with Crippen LogP contribution in [0.2, 0.25) is 0 Å². The van der Waals surface area contributed by atoms with Gasteiger partial charge in [0.25, 0.3) is 0 Å². The van der Waals surface area contributed by atoms with E-state index in [1.165, 1.54) is 23.9 Å². The summed E-state index contributed by atoms with van der Waals surface area (Å²) in [4.78, 5) is 11.8. The number of amides is 1. The van der Waals surface area contributed by atoms with E-state index in [4.69, 9.17) is 0 Å². The fraction of sp³-hybridized carbons (Fsp3) is 0.308. The van der Waals surface area contributed by atoms with Crippen LogP contribution in [0.15, 0.2) is 29.4 Å². The van der Waals surface area contributed by atoms with Crippen LogP contribution < -0.4 is 5.32 Å². The second kappa shape index (κ2) is 6.51. The Balaban J connectivity index is 1.92. The average Bonchev–Trinajstić information content (AvgIpc) is 2.79. The Morgan fingerprint density at radius 2 is 2.15 bits per heavy atom. The topological polar surface area (TPSA) is 59.8 Å². The molecule has 1 heterocycles. The molecular formula is C13H15FN4OS. The highest BCUT2D eigenvalue weighted by atomic mass is 32.2. The number of benzene rings is 1. The van der Waals surface area contributed by atoms with Gasteiger partial charge in [-0.2, -0.15) is 0 Å². The smallest absolute Gasteiger partial charge is 0.234 e. The van der Waals surface area contributed by atoms with Crippen LogP contribution in [0, 0.1) is 5.82 Å². The summed E-state index contributed by atoms with van der Waals surface area (Å²) >= 11 is 1.27. The molecule has 20 heavy (non-hydrogen) atoms. The maximum atomic E-state index is 13.4. The summed E-state index contributed by atoms with van der Waals surface area (Å²) in [5.74, 6) is 0.297. The normalized spacial score (nSPS) is 10.6. The molecule has 1 amide bonds. The van der Waals surface area contributed by atoms with E-state index in [1.807, 2.05) is 18.5 Å². The lowest BCUT2D eigenvalue weighted by molar-refractivity contribution is -0.113. The number of anilines is 1. The maximum Gasteiger partial charge on any atom is 0.234 e. The van der Waals surface area contributed by atoms with Crippen molar-refractivity contribution in [1.82, 2.24) is 14.8 Å². The molecule has 0 atom stereocenters. The third kappa shape index (κ3) is 3.36. The fourth-order valence-electron chi connectivity index (χ4n) is 1.66. The summed E-state index contributed by atoms with van der Waals surface area (Å²) in [6, 6.07) is 6.07. The van der Waals surface area contributed by atoms with Crippen LogP contribution in [-0.2, 0) is 18.3 Å². The van der Waals surface area contributed by atoms with E-state index >= 15 is 0 Å². The number of hydrogen-bond acceptors (Lipinski definition) is 4. The molecule has 0 aliphatic rings. The van der Waals surface area contributed by atoms with E-state index in [1.54, 1.807) is 12.1 Å². The van der Waals surface area contributed by atoms with Gasteiger partial charge in [0, 0.05) is 13.5 Å². The van der Waals surface area contributed by atoms with E-state index in [-0.39, 0.29) is 17.3 Å². The third-order valence-electron chi connectivity index (χ3n) is 2.72. The number of aromatic nitrogens is 3. The van der Waals surface area contributed by atoms with Crippen LogP contribution in [0.1, 0.15) is 12.7 Å². The van der Waals surface area contributed by atoms with Crippen molar-refractivity contribution in [2.45, 2.75) is 18.5 Å². The number of carbonyl (C=O) groups excluding carboxylic acids is 1. The van der Waals surface area contributed by atoms with Gasteiger partial charge in [0.1, 0.15) is 11.6 Å². The summed E-state index contributed by atoms with van der Waals surface area (Å²) in [7, 11) is 1.86. The molecule has 0 aliphatic heterocycles. The fourth-order valence-corrected chi connectivity index (χ4v) is 2.39. The molecule has 0 saturated carbocycles. The molecule has 0 unspecified atom stereocenters. The van der Waals surface area contributed by atoms with Crippen molar-refractivity contribution in [3.63, 3.8) is 0 Å². The molecule has 106 valence electrons. The number of rotatable bonds is 5. The number of hydrogen-bond donors (Lipinski definition) is 1. The van der Waals surface area contributed by atoms with Gasteiger partial charge in [-0.1, -0.05) is 30.8 Å². The number of nitrogens with zero attached hydrogens (tertiary/aromatic N) is 3.